The van der Waals surface area contributed by atoms with E-state index in [9.17, 15) is 9.59 Å². The highest BCUT2D eigenvalue weighted by Gasteiger charge is 2.16. The Morgan fingerprint density at radius 2 is 1.86 bits per heavy atom. The fourth-order valence-corrected chi connectivity index (χ4v) is 1.95. The van der Waals surface area contributed by atoms with Gasteiger partial charge in [0.1, 0.15) is 0 Å². The molecular formula is C13H18N6O2S. The molecule has 1 aromatic carbocycles. The SMILES string of the molecule is NC(N)=NC(N)=NCCc1ccccc1.O=C1CSC(=O)N1. The van der Waals surface area contributed by atoms with Crippen molar-refractivity contribution in [2.45, 2.75) is 6.42 Å². The van der Waals surface area contributed by atoms with Crippen molar-refractivity contribution in [3.8, 4) is 0 Å². The monoisotopic (exact) mass is 322 g/mol. The number of hydrogen-bond donors (Lipinski definition) is 4. The lowest BCUT2D eigenvalue weighted by molar-refractivity contribution is -0.117. The number of aliphatic imine (C=N–C) groups is 2. The summed E-state index contributed by atoms with van der Waals surface area (Å²) in [6, 6.07) is 10.0. The van der Waals surface area contributed by atoms with Crippen LogP contribution in [0.25, 0.3) is 0 Å². The van der Waals surface area contributed by atoms with Gasteiger partial charge in [-0.25, -0.2) is 0 Å². The summed E-state index contributed by atoms with van der Waals surface area (Å²) in [7, 11) is 0. The molecule has 1 aliphatic rings. The Bertz CT molecular complexity index is 555. The summed E-state index contributed by atoms with van der Waals surface area (Å²) in [6.45, 7) is 0.576. The summed E-state index contributed by atoms with van der Waals surface area (Å²) in [5.74, 6) is 0.149. The molecule has 118 valence electrons. The maximum absolute atomic E-state index is 10.1. The smallest absolute Gasteiger partial charge is 0.286 e. The molecule has 0 radical (unpaired) electrons. The number of imide groups is 1. The van der Waals surface area contributed by atoms with Crippen molar-refractivity contribution in [2.24, 2.45) is 27.2 Å². The molecule has 0 saturated carbocycles. The zero-order valence-corrected chi connectivity index (χ0v) is 12.7. The molecule has 1 aromatic rings. The second kappa shape index (κ2) is 9.40. The molecule has 1 heterocycles. The molecule has 1 aliphatic heterocycles. The standard InChI is InChI=1S/C10H15N5.C3H3NO2S/c11-9(12)15-10(13)14-7-6-8-4-2-1-3-5-8;5-2-1-7-3(6)4-2/h1-5H,6-7H2,(H6,11,12,13,14,15);1H2,(H,4,5,6). The lowest BCUT2D eigenvalue weighted by Gasteiger charge is -1.97. The molecule has 0 unspecified atom stereocenters. The fraction of sp³-hybridized carbons (Fsp3) is 0.231. The highest BCUT2D eigenvalue weighted by molar-refractivity contribution is 8.14. The Morgan fingerprint density at radius 1 is 1.18 bits per heavy atom. The summed E-state index contributed by atoms with van der Waals surface area (Å²) >= 11 is 1.01. The Labute approximate surface area is 132 Å². The molecule has 22 heavy (non-hydrogen) atoms. The topological polar surface area (TPSA) is 149 Å². The van der Waals surface area contributed by atoms with Crippen LogP contribution < -0.4 is 22.5 Å². The number of nitrogens with one attached hydrogen (secondary N) is 1. The van der Waals surface area contributed by atoms with Gasteiger partial charge in [-0.3, -0.25) is 19.9 Å². The average Bonchev–Trinajstić information content (AvgIpc) is 2.83. The summed E-state index contributed by atoms with van der Waals surface area (Å²) in [4.78, 5) is 27.8. The number of carbonyl (C=O) groups is 2. The quantitative estimate of drug-likeness (QED) is 0.446. The Hall–Kier alpha value is -2.55. The van der Waals surface area contributed by atoms with E-state index in [-0.39, 0.29) is 23.1 Å². The third-order valence-electron chi connectivity index (χ3n) is 2.34. The molecule has 0 aromatic heterocycles. The minimum absolute atomic E-state index is 0.0732. The van der Waals surface area contributed by atoms with Crippen LogP contribution in [0.15, 0.2) is 40.3 Å². The number of nitrogens with two attached hydrogens (primary N) is 3. The van der Waals surface area contributed by atoms with E-state index in [1.807, 2.05) is 30.3 Å². The first kappa shape index (κ1) is 17.5. The molecule has 0 spiro atoms. The van der Waals surface area contributed by atoms with E-state index in [1.54, 1.807) is 0 Å². The van der Waals surface area contributed by atoms with Crippen molar-refractivity contribution < 1.29 is 9.59 Å². The third kappa shape index (κ3) is 7.90. The van der Waals surface area contributed by atoms with Crippen molar-refractivity contribution in [1.29, 1.82) is 0 Å². The molecule has 0 aliphatic carbocycles. The van der Waals surface area contributed by atoms with Gasteiger partial charge in [-0.05, 0) is 12.0 Å². The van der Waals surface area contributed by atoms with Crippen molar-refractivity contribution >= 4 is 34.8 Å². The first-order valence-corrected chi connectivity index (χ1v) is 7.36. The molecule has 7 N–H and O–H groups in total. The number of carbonyl (C=O) groups excluding carboxylic acids is 2. The van der Waals surface area contributed by atoms with Crippen LogP contribution in [0.4, 0.5) is 4.79 Å². The molecule has 0 bridgehead atoms. The number of nitrogens with zero attached hydrogens (tertiary/aromatic N) is 2. The van der Waals surface area contributed by atoms with Crippen molar-refractivity contribution in [3.63, 3.8) is 0 Å². The van der Waals surface area contributed by atoms with E-state index in [2.05, 4.69) is 15.3 Å². The lowest BCUT2D eigenvalue weighted by atomic mass is 10.2. The highest BCUT2D eigenvalue weighted by Crippen LogP contribution is 2.06. The molecule has 0 atom stereocenters. The van der Waals surface area contributed by atoms with Crippen LogP contribution in [-0.2, 0) is 11.2 Å². The summed E-state index contributed by atoms with van der Waals surface area (Å²) in [5, 5.41) is 1.87. The average molecular weight is 322 g/mol. The summed E-state index contributed by atoms with van der Waals surface area (Å²) in [6.07, 6.45) is 0.821. The van der Waals surface area contributed by atoms with Gasteiger partial charge >= 0.3 is 0 Å². The second-order valence-electron chi connectivity index (χ2n) is 4.14. The number of rotatable bonds is 3. The number of benzene rings is 1. The van der Waals surface area contributed by atoms with Crippen molar-refractivity contribution in [3.05, 3.63) is 35.9 Å². The van der Waals surface area contributed by atoms with E-state index in [1.165, 1.54) is 5.56 Å². The number of hydrogen-bond acceptors (Lipinski definition) is 4. The lowest BCUT2D eigenvalue weighted by Crippen LogP contribution is -2.26. The van der Waals surface area contributed by atoms with Gasteiger partial charge in [-0.1, -0.05) is 42.1 Å². The summed E-state index contributed by atoms with van der Waals surface area (Å²) < 4.78 is 0. The van der Waals surface area contributed by atoms with Crippen LogP contribution in [0.5, 0.6) is 0 Å². The largest absolute Gasteiger partial charge is 0.370 e. The molecule has 2 rings (SSSR count). The predicted octanol–water partition coefficient (Wildman–Crippen LogP) is -0.213. The van der Waals surface area contributed by atoms with Crippen LogP contribution in [0, 0.1) is 0 Å². The zero-order chi connectivity index (χ0) is 16.4. The molecule has 2 amide bonds. The first-order chi connectivity index (χ1) is 10.5. The van der Waals surface area contributed by atoms with E-state index in [0.29, 0.717) is 12.3 Å². The van der Waals surface area contributed by atoms with Crippen molar-refractivity contribution in [2.75, 3.05) is 12.3 Å². The molecule has 1 fully saturated rings. The number of thioether (sulfide) groups is 1. The highest BCUT2D eigenvalue weighted by atomic mass is 32.2. The zero-order valence-electron chi connectivity index (χ0n) is 11.9. The Kier molecular flexibility index (Phi) is 7.48. The maximum atomic E-state index is 10.1. The number of guanidine groups is 2. The number of amides is 2. The molecule has 8 nitrogen and oxygen atoms in total. The Morgan fingerprint density at radius 3 is 2.32 bits per heavy atom. The fourth-order valence-electron chi connectivity index (χ4n) is 1.43. The minimum Gasteiger partial charge on any atom is -0.370 e. The van der Waals surface area contributed by atoms with Gasteiger partial charge in [0.2, 0.25) is 11.9 Å². The van der Waals surface area contributed by atoms with Gasteiger partial charge in [-0.2, -0.15) is 4.99 Å². The van der Waals surface area contributed by atoms with E-state index in [4.69, 9.17) is 17.2 Å². The maximum Gasteiger partial charge on any atom is 0.286 e. The van der Waals surface area contributed by atoms with Crippen LogP contribution in [-0.4, -0.2) is 35.4 Å². The van der Waals surface area contributed by atoms with Gasteiger partial charge in [-0.15, -0.1) is 0 Å². The van der Waals surface area contributed by atoms with Crippen LogP contribution in [0.1, 0.15) is 5.56 Å². The Balaban J connectivity index is 0.000000287. The van der Waals surface area contributed by atoms with Crippen LogP contribution in [0.3, 0.4) is 0 Å². The normalized spacial score (nSPS) is 13.9. The van der Waals surface area contributed by atoms with Gasteiger partial charge in [0.15, 0.2) is 5.96 Å². The van der Waals surface area contributed by atoms with E-state index in [0.717, 1.165) is 18.2 Å². The van der Waals surface area contributed by atoms with Crippen LogP contribution >= 0.6 is 11.8 Å². The minimum atomic E-state index is -0.231. The van der Waals surface area contributed by atoms with Crippen molar-refractivity contribution in [1.82, 2.24) is 5.32 Å². The molecule has 9 heteroatoms. The van der Waals surface area contributed by atoms with Gasteiger partial charge < -0.3 is 17.2 Å². The van der Waals surface area contributed by atoms with E-state index >= 15 is 0 Å². The second-order valence-corrected chi connectivity index (χ2v) is 5.08. The van der Waals surface area contributed by atoms with Gasteiger partial charge in [0, 0.05) is 6.54 Å². The summed E-state index contributed by atoms with van der Waals surface area (Å²) in [5.41, 5.74) is 16.9. The van der Waals surface area contributed by atoms with Crippen LogP contribution in [0.2, 0.25) is 0 Å². The van der Waals surface area contributed by atoms with Gasteiger partial charge in [0.05, 0.1) is 5.75 Å². The van der Waals surface area contributed by atoms with Gasteiger partial charge in [0.25, 0.3) is 5.24 Å². The van der Waals surface area contributed by atoms with E-state index < -0.39 is 0 Å². The first-order valence-electron chi connectivity index (χ1n) is 6.37. The predicted molar refractivity (Wildman–Crippen MR) is 88.4 cm³/mol. The third-order valence-corrected chi connectivity index (χ3v) is 3.11. The molecule has 1 saturated heterocycles. The molecular weight excluding hydrogens is 304 g/mol.